The summed E-state index contributed by atoms with van der Waals surface area (Å²) in [5, 5.41) is 15.5. The van der Waals surface area contributed by atoms with E-state index in [2.05, 4.69) is 28.5 Å². The van der Waals surface area contributed by atoms with Crippen LogP contribution in [0.1, 0.15) is 62.0 Å². The van der Waals surface area contributed by atoms with Gasteiger partial charge in [-0.05, 0) is 73.5 Å². The molecular weight excluding hydrogens is 452 g/mol. The summed E-state index contributed by atoms with van der Waals surface area (Å²) in [5.41, 5.74) is 2.55. The minimum Gasteiger partial charge on any atom is -0.493 e. The predicted molar refractivity (Wildman–Crippen MR) is 139 cm³/mol. The molecule has 7 rings (SSSR count). The smallest absolute Gasteiger partial charge is 0.220 e. The lowest BCUT2D eigenvalue weighted by molar-refractivity contribution is -0.169. The molecule has 6 nitrogen and oxygen atoms in total. The van der Waals surface area contributed by atoms with Gasteiger partial charge in [-0.2, -0.15) is 0 Å². The molecule has 1 heterocycles. The number of carbonyl (C=O) groups is 1. The van der Waals surface area contributed by atoms with Crippen LogP contribution in [-0.2, 0) is 4.79 Å². The van der Waals surface area contributed by atoms with E-state index < -0.39 is 5.60 Å². The zero-order valence-corrected chi connectivity index (χ0v) is 21.2. The highest BCUT2D eigenvalue weighted by Crippen LogP contribution is 2.62. The number of para-hydroxylation sites is 2. The van der Waals surface area contributed by atoms with E-state index in [1.54, 1.807) is 14.2 Å². The van der Waals surface area contributed by atoms with Gasteiger partial charge < -0.3 is 24.9 Å². The Morgan fingerprint density at radius 3 is 2.56 bits per heavy atom. The second-order valence-corrected chi connectivity index (χ2v) is 11.6. The van der Waals surface area contributed by atoms with Gasteiger partial charge >= 0.3 is 0 Å². The maximum atomic E-state index is 13.4. The van der Waals surface area contributed by atoms with Crippen LogP contribution in [0.3, 0.4) is 0 Å². The molecule has 1 aromatic heterocycles. The number of hydrogen-bond donors (Lipinski definition) is 3. The normalized spacial score (nSPS) is 29.3. The standard InChI is InChI=1S/C30H36N2O4/c1-35-26-9-5-7-22(28(26)36-2)24(23-16-31-25-8-4-3-6-21(23)25)17-32-27(33)15-29-11-19-10-20(12-29)14-30(34,13-19)18-29/h3-9,16,19-20,24,31,34H,10-15,17-18H2,1-2H3,(H,32,33)/t19-,20-,24-,29?,30?/m1/s1. The molecule has 4 bridgehead atoms. The minimum absolute atomic E-state index is 0.0488. The Balaban J connectivity index is 1.27. The highest BCUT2D eigenvalue weighted by atomic mass is 16.5. The van der Waals surface area contributed by atoms with Gasteiger partial charge in [0.25, 0.3) is 0 Å². The average Bonchev–Trinajstić information content (AvgIpc) is 3.26. The van der Waals surface area contributed by atoms with Crippen LogP contribution >= 0.6 is 0 Å². The molecule has 3 N–H and O–H groups in total. The van der Waals surface area contributed by atoms with E-state index in [-0.39, 0.29) is 17.2 Å². The maximum absolute atomic E-state index is 13.4. The van der Waals surface area contributed by atoms with Crippen LogP contribution in [0.2, 0.25) is 0 Å². The number of amides is 1. The van der Waals surface area contributed by atoms with Gasteiger partial charge in [0.05, 0.1) is 19.8 Å². The highest BCUT2D eigenvalue weighted by Gasteiger charge is 2.57. The summed E-state index contributed by atoms with van der Waals surface area (Å²) in [5.74, 6) is 2.47. The number of H-pyrrole nitrogens is 1. The monoisotopic (exact) mass is 488 g/mol. The summed E-state index contributed by atoms with van der Waals surface area (Å²) in [6.45, 7) is 0.456. The van der Waals surface area contributed by atoms with Crippen LogP contribution in [0, 0.1) is 17.3 Å². The number of rotatable bonds is 8. The first-order valence-electron chi connectivity index (χ1n) is 13.2. The van der Waals surface area contributed by atoms with E-state index >= 15 is 0 Å². The fourth-order valence-electron chi connectivity index (χ4n) is 8.18. The largest absolute Gasteiger partial charge is 0.493 e. The Labute approximate surface area is 212 Å². The van der Waals surface area contributed by atoms with E-state index in [9.17, 15) is 9.90 Å². The summed E-state index contributed by atoms with van der Waals surface area (Å²) >= 11 is 0. The van der Waals surface area contributed by atoms with Gasteiger partial charge in [-0.15, -0.1) is 0 Å². The molecule has 4 aliphatic rings. The molecule has 6 heteroatoms. The molecule has 0 aliphatic heterocycles. The fraction of sp³-hybridized carbons (Fsp3) is 0.500. The van der Waals surface area contributed by atoms with Crippen molar-refractivity contribution in [3.05, 3.63) is 59.8 Å². The molecule has 3 atom stereocenters. The predicted octanol–water partition coefficient (Wildman–Crippen LogP) is 5.15. The topological polar surface area (TPSA) is 83.6 Å². The van der Waals surface area contributed by atoms with E-state index in [0.29, 0.717) is 36.3 Å². The van der Waals surface area contributed by atoms with Crippen molar-refractivity contribution in [2.45, 2.75) is 56.5 Å². The van der Waals surface area contributed by atoms with Gasteiger partial charge in [0.15, 0.2) is 11.5 Å². The first-order valence-corrected chi connectivity index (χ1v) is 13.2. The molecule has 4 fully saturated rings. The molecule has 0 radical (unpaired) electrons. The first-order chi connectivity index (χ1) is 17.4. The number of carbonyl (C=O) groups excluding carboxylic acids is 1. The van der Waals surface area contributed by atoms with Crippen LogP contribution < -0.4 is 14.8 Å². The number of aromatic amines is 1. The molecule has 4 saturated carbocycles. The number of hydrogen-bond acceptors (Lipinski definition) is 4. The number of aromatic nitrogens is 1. The van der Waals surface area contributed by atoms with Crippen LogP contribution in [-0.4, -0.2) is 42.4 Å². The Morgan fingerprint density at radius 1 is 1.06 bits per heavy atom. The molecule has 0 saturated heterocycles. The Bertz CT molecular complexity index is 1270. The zero-order valence-electron chi connectivity index (χ0n) is 21.2. The maximum Gasteiger partial charge on any atom is 0.220 e. The molecule has 0 unspecified atom stereocenters. The Kier molecular flexibility index (Phi) is 5.75. The summed E-state index contributed by atoms with van der Waals surface area (Å²) in [4.78, 5) is 16.8. The first kappa shape index (κ1) is 23.4. The zero-order chi connectivity index (χ0) is 24.9. The van der Waals surface area contributed by atoms with Crippen molar-refractivity contribution in [3.8, 4) is 11.5 Å². The molecule has 0 spiro atoms. The van der Waals surface area contributed by atoms with Crippen molar-refractivity contribution in [2.24, 2.45) is 17.3 Å². The van der Waals surface area contributed by atoms with Crippen LogP contribution in [0.15, 0.2) is 48.7 Å². The third kappa shape index (κ3) is 4.05. The van der Waals surface area contributed by atoms with E-state index in [1.807, 2.05) is 30.5 Å². The Hall–Kier alpha value is -2.99. The summed E-state index contributed by atoms with van der Waals surface area (Å²) in [6.07, 6.45) is 8.53. The van der Waals surface area contributed by atoms with Gasteiger partial charge in [0.2, 0.25) is 5.91 Å². The number of fused-ring (bicyclic) bond motifs is 1. The molecule has 190 valence electrons. The van der Waals surface area contributed by atoms with Gasteiger partial charge in [-0.1, -0.05) is 30.3 Å². The summed E-state index contributed by atoms with van der Waals surface area (Å²) < 4.78 is 11.4. The second-order valence-electron chi connectivity index (χ2n) is 11.6. The lowest BCUT2D eigenvalue weighted by Crippen LogP contribution is -2.56. The van der Waals surface area contributed by atoms with Crippen molar-refractivity contribution in [1.29, 1.82) is 0 Å². The van der Waals surface area contributed by atoms with Crippen molar-refractivity contribution in [3.63, 3.8) is 0 Å². The van der Waals surface area contributed by atoms with Crippen molar-refractivity contribution in [1.82, 2.24) is 10.3 Å². The second kappa shape index (κ2) is 8.84. The van der Waals surface area contributed by atoms with Gasteiger partial charge in [-0.25, -0.2) is 0 Å². The fourth-order valence-corrected chi connectivity index (χ4v) is 8.18. The summed E-state index contributed by atoms with van der Waals surface area (Å²) in [7, 11) is 3.30. The Morgan fingerprint density at radius 2 is 1.83 bits per heavy atom. The number of nitrogens with one attached hydrogen (secondary N) is 2. The molecule has 4 aliphatic carbocycles. The van der Waals surface area contributed by atoms with Crippen LogP contribution in [0.4, 0.5) is 0 Å². The molecular formula is C30H36N2O4. The van der Waals surface area contributed by atoms with Crippen molar-refractivity contribution in [2.75, 3.05) is 20.8 Å². The number of methoxy groups -OCH3 is 2. The van der Waals surface area contributed by atoms with E-state index in [0.717, 1.165) is 54.1 Å². The van der Waals surface area contributed by atoms with Gasteiger partial charge in [0.1, 0.15) is 0 Å². The quantitative estimate of drug-likeness (QED) is 0.409. The SMILES string of the molecule is COc1cccc([C@@H](CNC(=O)CC23C[C@H]4C[C@@H](CC(O)(C4)C2)C3)c2c[nH]c3ccccc23)c1OC. The lowest BCUT2D eigenvalue weighted by Gasteiger charge is -2.60. The van der Waals surface area contributed by atoms with Crippen molar-refractivity contribution >= 4 is 16.8 Å². The van der Waals surface area contributed by atoms with Crippen LogP contribution in [0.5, 0.6) is 11.5 Å². The average molecular weight is 489 g/mol. The number of benzene rings is 2. The molecule has 1 amide bonds. The highest BCUT2D eigenvalue weighted by molar-refractivity contribution is 5.84. The third-order valence-corrected chi connectivity index (χ3v) is 9.00. The lowest BCUT2D eigenvalue weighted by atomic mass is 9.47. The third-order valence-electron chi connectivity index (χ3n) is 9.00. The molecule has 2 aromatic carbocycles. The number of aliphatic hydroxyl groups is 1. The van der Waals surface area contributed by atoms with E-state index in [1.165, 1.54) is 6.42 Å². The minimum atomic E-state index is -0.551. The van der Waals surface area contributed by atoms with Gasteiger partial charge in [0, 0.05) is 41.5 Å². The number of ether oxygens (including phenoxy) is 2. The van der Waals surface area contributed by atoms with Crippen molar-refractivity contribution < 1.29 is 19.4 Å². The van der Waals surface area contributed by atoms with Crippen LogP contribution in [0.25, 0.3) is 10.9 Å². The molecule has 3 aromatic rings. The molecule has 36 heavy (non-hydrogen) atoms. The summed E-state index contributed by atoms with van der Waals surface area (Å²) in [6, 6.07) is 14.1. The van der Waals surface area contributed by atoms with Gasteiger partial charge in [-0.3, -0.25) is 4.79 Å². The van der Waals surface area contributed by atoms with E-state index in [4.69, 9.17) is 9.47 Å².